The van der Waals surface area contributed by atoms with E-state index in [1.807, 2.05) is 0 Å². The van der Waals surface area contributed by atoms with Gasteiger partial charge in [0.25, 0.3) is 0 Å². The minimum atomic E-state index is -0.647. The van der Waals surface area contributed by atoms with Crippen molar-refractivity contribution in [2.45, 2.75) is 19.6 Å². The Balaban J connectivity index is 1.87. The highest BCUT2D eigenvalue weighted by Gasteiger charge is 2.06. The zero-order valence-corrected chi connectivity index (χ0v) is 9.95. The Kier molecular flexibility index (Phi) is 3.88. The van der Waals surface area contributed by atoms with Crippen LogP contribution in [0.4, 0.5) is 4.39 Å². The molecule has 1 unspecified atom stereocenters. The van der Waals surface area contributed by atoms with Gasteiger partial charge in [-0.3, -0.25) is 0 Å². The number of hydrogen-bond acceptors (Lipinski definition) is 4. The fourth-order valence-corrected chi connectivity index (χ4v) is 1.43. The molecule has 1 atom stereocenters. The van der Waals surface area contributed by atoms with E-state index in [9.17, 15) is 9.50 Å². The summed E-state index contributed by atoms with van der Waals surface area (Å²) >= 11 is 0. The molecule has 1 heterocycles. The van der Waals surface area contributed by atoms with Gasteiger partial charge in [0.15, 0.2) is 11.6 Å². The second kappa shape index (κ2) is 5.59. The molecule has 1 aromatic carbocycles. The van der Waals surface area contributed by atoms with Gasteiger partial charge < -0.3 is 9.84 Å². The second-order valence-electron chi connectivity index (χ2n) is 3.86. The summed E-state index contributed by atoms with van der Waals surface area (Å²) in [7, 11) is 0. The number of para-hydroxylation sites is 1. The molecule has 0 radical (unpaired) electrons. The molecular formula is C12H14FN3O2. The minimum absolute atomic E-state index is 0.216. The molecule has 0 saturated heterocycles. The van der Waals surface area contributed by atoms with Gasteiger partial charge in [-0.05, 0) is 19.1 Å². The maximum atomic E-state index is 13.2. The zero-order valence-electron chi connectivity index (χ0n) is 9.95. The minimum Gasteiger partial charge on any atom is -0.489 e. The van der Waals surface area contributed by atoms with E-state index in [0.29, 0.717) is 12.2 Å². The lowest BCUT2D eigenvalue weighted by Gasteiger charge is -2.06. The first-order chi connectivity index (χ1) is 8.66. The largest absolute Gasteiger partial charge is 0.489 e. The van der Waals surface area contributed by atoms with Gasteiger partial charge >= 0.3 is 0 Å². The lowest BCUT2D eigenvalue weighted by atomic mass is 10.3. The summed E-state index contributed by atoms with van der Waals surface area (Å²) in [4.78, 5) is 0. The Bertz CT molecular complexity index is 514. The van der Waals surface area contributed by atoms with Crippen molar-refractivity contribution in [3.8, 4) is 5.75 Å². The number of hydrogen-bond donors (Lipinski definition) is 1. The summed E-state index contributed by atoms with van der Waals surface area (Å²) in [5.41, 5.74) is 0.501. The third-order valence-corrected chi connectivity index (χ3v) is 2.40. The van der Waals surface area contributed by atoms with Crippen LogP contribution in [-0.4, -0.2) is 26.7 Å². The summed E-state index contributed by atoms with van der Waals surface area (Å²) in [6.45, 7) is 2.34. The van der Waals surface area contributed by atoms with Crippen LogP contribution in [0.1, 0.15) is 18.7 Å². The second-order valence-corrected chi connectivity index (χ2v) is 3.86. The number of aliphatic hydroxyl groups excluding tert-OH is 1. The molecule has 6 heteroatoms. The van der Waals surface area contributed by atoms with E-state index < -0.39 is 6.10 Å². The van der Waals surface area contributed by atoms with Crippen molar-refractivity contribution < 1.29 is 14.2 Å². The van der Waals surface area contributed by atoms with E-state index in [1.165, 1.54) is 6.07 Å². The number of aliphatic hydroxyl groups is 1. The highest BCUT2D eigenvalue weighted by atomic mass is 19.1. The van der Waals surface area contributed by atoms with Crippen molar-refractivity contribution >= 4 is 0 Å². The van der Waals surface area contributed by atoms with Crippen molar-refractivity contribution in [1.82, 2.24) is 15.0 Å². The zero-order chi connectivity index (χ0) is 13.0. The maximum absolute atomic E-state index is 13.2. The molecule has 5 nitrogen and oxygen atoms in total. The van der Waals surface area contributed by atoms with E-state index in [2.05, 4.69) is 10.3 Å². The topological polar surface area (TPSA) is 60.2 Å². The summed E-state index contributed by atoms with van der Waals surface area (Å²) in [6, 6.07) is 6.22. The SMILES string of the molecule is CC(O)c1cn(CCOc2ccccc2F)nn1. The average molecular weight is 251 g/mol. The van der Waals surface area contributed by atoms with Crippen LogP contribution in [0.15, 0.2) is 30.5 Å². The van der Waals surface area contributed by atoms with Gasteiger partial charge in [0.1, 0.15) is 12.3 Å². The van der Waals surface area contributed by atoms with E-state index in [0.717, 1.165) is 0 Å². The highest BCUT2D eigenvalue weighted by molar-refractivity contribution is 5.23. The molecule has 0 saturated carbocycles. The van der Waals surface area contributed by atoms with Crippen LogP contribution in [0.25, 0.3) is 0 Å². The molecular weight excluding hydrogens is 237 g/mol. The van der Waals surface area contributed by atoms with Crippen LogP contribution < -0.4 is 4.74 Å². The highest BCUT2D eigenvalue weighted by Crippen LogP contribution is 2.15. The lowest BCUT2D eigenvalue weighted by molar-refractivity contribution is 0.194. The van der Waals surface area contributed by atoms with E-state index >= 15 is 0 Å². The summed E-state index contributed by atoms with van der Waals surface area (Å²) in [6.07, 6.45) is 0.987. The van der Waals surface area contributed by atoms with Crippen molar-refractivity contribution in [1.29, 1.82) is 0 Å². The number of benzene rings is 1. The maximum Gasteiger partial charge on any atom is 0.165 e. The van der Waals surface area contributed by atoms with Crippen molar-refractivity contribution in [3.05, 3.63) is 42.0 Å². The van der Waals surface area contributed by atoms with E-state index in [4.69, 9.17) is 4.74 Å². The predicted octanol–water partition coefficient (Wildman–Crippen LogP) is 1.55. The third-order valence-electron chi connectivity index (χ3n) is 2.40. The molecule has 0 spiro atoms. The van der Waals surface area contributed by atoms with Crippen LogP contribution in [0.3, 0.4) is 0 Å². The first-order valence-electron chi connectivity index (χ1n) is 5.62. The third kappa shape index (κ3) is 3.04. The van der Waals surface area contributed by atoms with Crippen LogP contribution in [0.5, 0.6) is 5.75 Å². The van der Waals surface area contributed by atoms with Gasteiger partial charge in [0, 0.05) is 0 Å². The number of aromatic nitrogens is 3. The first-order valence-corrected chi connectivity index (χ1v) is 5.62. The van der Waals surface area contributed by atoms with Gasteiger partial charge in [-0.1, -0.05) is 17.3 Å². The number of nitrogens with zero attached hydrogens (tertiary/aromatic N) is 3. The van der Waals surface area contributed by atoms with Gasteiger partial charge in [0.05, 0.1) is 18.8 Å². The number of halogens is 1. The van der Waals surface area contributed by atoms with Crippen molar-refractivity contribution in [3.63, 3.8) is 0 Å². The summed E-state index contributed by atoms with van der Waals surface area (Å²) in [5.74, 6) is -0.172. The summed E-state index contributed by atoms with van der Waals surface area (Å²) in [5, 5.41) is 16.9. The molecule has 0 aliphatic carbocycles. The van der Waals surface area contributed by atoms with Gasteiger partial charge in [-0.25, -0.2) is 9.07 Å². The normalized spacial score (nSPS) is 12.4. The van der Waals surface area contributed by atoms with Crippen molar-refractivity contribution in [2.75, 3.05) is 6.61 Å². The fourth-order valence-electron chi connectivity index (χ4n) is 1.43. The molecule has 0 bridgehead atoms. The average Bonchev–Trinajstić information content (AvgIpc) is 2.80. The van der Waals surface area contributed by atoms with Crippen LogP contribution in [0, 0.1) is 5.82 Å². The molecule has 18 heavy (non-hydrogen) atoms. The Morgan fingerprint density at radius 1 is 1.44 bits per heavy atom. The standard InChI is InChI=1S/C12H14FN3O2/c1-9(17)11-8-16(15-14-11)6-7-18-12-5-3-2-4-10(12)13/h2-5,8-9,17H,6-7H2,1H3. The van der Waals surface area contributed by atoms with E-state index in [1.54, 1.807) is 36.0 Å². The van der Waals surface area contributed by atoms with Crippen LogP contribution >= 0.6 is 0 Å². The Morgan fingerprint density at radius 2 is 2.22 bits per heavy atom. The number of rotatable bonds is 5. The quantitative estimate of drug-likeness (QED) is 0.875. The molecule has 0 amide bonds. The molecule has 0 aliphatic rings. The molecule has 0 fully saturated rings. The lowest BCUT2D eigenvalue weighted by Crippen LogP contribution is -2.09. The monoisotopic (exact) mass is 251 g/mol. The van der Waals surface area contributed by atoms with Gasteiger partial charge in [0.2, 0.25) is 0 Å². The molecule has 2 rings (SSSR count). The van der Waals surface area contributed by atoms with Crippen LogP contribution in [0.2, 0.25) is 0 Å². The summed E-state index contributed by atoms with van der Waals surface area (Å²) < 4.78 is 20.1. The predicted molar refractivity (Wildman–Crippen MR) is 62.6 cm³/mol. The molecule has 2 aromatic rings. The fraction of sp³-hybridized carbons (Fsp3) is 0.333. The number of ether oxygens (including phenoxy) is 1. The molecule has 96 valence electrons. The van der Waals surface area contributed by atoms with Crippen LogP contribution in [-0.2, 0) is 6.54 Å². The smallest absolute Gasteiger partial charge is 0.165 e. The Hall–Kier alpha value is -1.95. The molecule has 1 aromatic heterocycles. The van der Waals surface area contributed by atoms with Gasteiger partial charge in [-0.15, -0.1) is 5.10 Å². The van der Waals surface area contributed by atoms with E-state index in [-0.39, 0.29) is 18.2 Å². The Morgan fingerprint density at radius 3 is 2.89 bits per heavy atom. The van der Waals surface area contributed by atoms with Gasteiger partial charge in [-0.2, -0.15) is 0 Å². The van der Waals surface area contributed by atoms with Crippen molar-refractivity contribution in [2.24, 2.45) is 0 Å². The Labute approximate surface area is 104 Å². The molecule has 0 aliphatic heterocycles. The molecule has 1 N–H and O–H groups in total. The first kappa shape index (κ1) is 12.5.